The summed E-state index contributed by atoms with van der Waals surface area (Å²) in [5.41, 5.74) is 15.1. The first-order chi connectivity index (χ1) is 30.2. The van der Waals surface area contributed by atoms with Gasteiger partial charge in [-0.2, -0.15) is 15.1 Å². The van der Waals surface area contributed by atoms with Crippen molar-refractivity contribution < 1.29 is 23.9 Å². The first-order valence-electron chi connectivity index (χ1n) is 21.2. The Morgan fingerprint density at radius 1 is 0.758 bits per heavy atom. The second-order valence-electron chi connectivity index (χ2n) is 14.9. The van der Waals surface area contributed by atoms with Gasteiger partial charge in [-0.05, 0) is 74.8 Å². The summed E-state index contributed by atoms with van der Waals surface area (Å²) in [6, 6.07) is 26.8. The summed E-state index contributed by atoms with van der Waals surface area (Å²) in [5.74, 6) is -0.684. The van der Waals surface area contributed by atoms with Crippen molar-refractivity contribution in [2.24, 2.45) is 11.5 Å². The van der Waals surface area contributed by atoms with Gasteiger partial charge in [-0.25, -0.2) is 4.68 Å². The Morgan fingerprint density at radius 2 is 1.45 bits per heavy atom. The number of carbonyl (C=O) groups excluding carboxylic acids is 4. The number of ether oxygens (including phenoxy) is 1. The third-order valence-corrected chi connectivity index (χ3v) is 9.87. The molecule has 0 spiro atoms. The number of amides is 3. The minimum Gasteiger partial charge on any atom is -0.464 e. The molecule has 5 rings (SSSR count). The predicted molar refractivity (Wildman–Crippen MR) is 242 cm³/mol. The van der Waals surface area contributed by atoms with E-state index >= 15 is 0 Å². The Labute approximate surface area is 362 Å². The maximum atomic E-state index is 13.5. The van der Waals surface area contributed by atoms with Gasteiger partial charge in [0.2, 0.25) is 23.7 Å². The lowest BCUT2D eigenvalue weighted by molar-refractivity contribution is -0.143. The van der Waals surface area contributed by atoms with Crippen LogP contribution in [0.1, 0.15) is 62.1 Å². The normalized spacial score (nSPS) is 12.6. The Kier molecular flexibility index (Phi) is 18.9. The quantitative estimate of drug-likeness (QED) is 0.0309. The molecule has 9 N–H and O–H groups in total. The molecule has 328 valence electrons. The Morgan fingerprint density at radius 3 is 2.16 bits per heavy atom. The number of unbranched alkanes of at least 4 members (excludes halogenated alkanes) is 2. The molecule has 3 atom stereocenters. The number of nitrogens with two attached hydrogens (primary N) is 2. The second kappa shape index (κ2) is 25.2. The molecule has 0 aliphatic carbocycles. The van der Waals surface area contributed by atoms with Crippen LogP contribution in [0.15, 0.2) is 97.2 Å². The summed E-state index contributed by atoms with van der Waals surface area (Å²) in [7, 11) is 0. The molecule has 0 bridgehead atoms. The van der Waals surface area contributed by atoms with Crippen LogP contribution in [0.2, 0.25) is 0 Å². The largest absolute Gasteiger partial charge is 0.464 e. The molecule has 0 saturated carbocycles. The highest BCUT2D eigenvalue weighted by atomic mass is 16.5. The summed E-state index contributed by atoms with van der Waals surface area (Å²) in [6.07, 6.45) is 9.42. The van der Waals surface area contributed by atoms with Crippen molar-refractivity contribution >= 4 is 58.8 Å². The van der Waals surface area contributed by atoms with Gasteiger partial charge in [0.1, 0.15) is 24.5 Å². The summed E-state index contributed by atoms with van der Waals surface area (Å²) in [6.45, 7) is 3.32. The monoisotopic (exact) mass is 845 g/mol. The van der Waals surface area contributed by atoms with Gasteiger partial charge < -0.3 is 42.8 Å². The lowest BCUT2D eigenvalue weighted by atomic mass is 10.0. The molecule has 0 radical (unpaired) electrons. The van der Waals surface area contributed by atoms with Gasteiger partial charge >= 0.3 is 5.97 Å². The molecule has 2 heterocycles. The van der Waals surface area contributed by atoms with Crippen molar-refractivity contribution in [3.63, 3.8) is 0 Å². The lowest BCUT2D eigenvalue weighted by Gasteiger charge is -2.24. The average Bonchev–Trinajstić information content (AvgIpc) is 3.70. The number of anilines is 2. The van der Waals surface area contributed by atoms with E-state index in [9.17, 15) is 19.2 Å². The topological polar surface area (TPSA) is 233 Å². The SMILES string of the molecule is C[C@@H](N)C(=O)N[C@@H](Cc1ccccc1)C(=O)N[C@@H](CCCCN)C(=O)NCCCCC(=O)OCCNc1nc(NCCc2ccccc2)c2cnn(/C=C/c3ccccc3)c2n1. The minimum absolute atomic E-state index is 0.0982. The number of hydrogen-bond acceptors (Lipinski definition) is 12. The molecule has 3 amide bonds. The fourth-order valence-corrected chi connectivity index (χ4v) is 6.46. The van der Waals surface area contributed by atoms with Crippen molar-refractivity contribution in [3.05, 3.63) is 114 Å². The zero-order chi connectivity index (χ0) is 43.9. The molecule has 3 aromatic carbocycles. The van der Waals surface area contributed by atoms with Crippen molar-refractivity contribution in [1.29, 1.82) is 0 Å². The van der Waals surface area contributed by atoms with Crippen LogP contribution in [0, 0.1) is 0 Å². The minimum atomic E-state index is -0.931. The molecule has 16 heteroatoms. The molecule has 16 nitrogen and oxygen atoms in total. The van der Waals surface area contributed by atoms with E-state index in [1.807, 2.05) is 91.1 Å². The van der Waals surface area contributed by atoms with Gasteiger partial charge in [0.05, 0.1) is 24.2 Å². The van der Waals surface area contributed by atoms with Gasteiger partial charge in [0, 0.05) is 32.1 Å². The van der Waals surface area contributed by atoms with Gasteiger partial charge in [0.25, 0.3) is 0 Å². The van der Waals surface area contributed by atoms with Crippen LogP contribution in [0.25, 0.3) is 23.3 Å². The maximum Gasteiger partial charge on any atom is 0.305 e. The van der Waals surface area contributed by atoms with E-state index in [0.29, 0.717) is 69.2 Å². The number of aromatic nitrogens is 4. The standard InChI is InChI=1S/C46H59N11O5/c1-33(48)43(59)54-39(31-36-19-9-4-10-20-36)45(61)53-38(21-11-13-25-47)44(60)50-26-14-12-22-40(58)62-30-28-51-46-55-41(49-27-23-34-15-5-2-6-16-34)37-32-52-57(42(37)56-46)29-24-35-17-7-3-8-18-35/h2-10,15-20,24,29,32-33,38-39H,11-14,21-23,25-28,30-31,47-48H2,1H3,(H,50,60)(H,53,61)(H,54,59)(H2,49,51,55,56)/b29-24+/t33-,38+,39+/m1/s1. The molecule has 0 saturated heterocycles. The van der Waals surface area contributed by atoms with Crippen LogP contribution in [-0.4, -0.2) is 94.4 Å². The number of rotatable bonds is 26. The van der Waals surface area contributed by atoms with Crippen LogP contribution < -0.4 is 38.1 Å². The first-order valence-corrected chi connectivity index (χ1v) is 21.2. The molecular weight excluding hydrogens is 787 g/mol. The summed E-state index contributed by atoms with van der Waals surface area (Å²) >= 11 is 0. The van der Waals surface area contributed by atoms with Crippen molar-refractivity contribution in [3.8, 4) is 0 Å². The summed E-state index contributed by atoms with van der Waals surface area (Å²) in [5, 5.41) is 20.4. The highest BCUT2D eigenvalue weighted by Crippen LogP contribution is 2.23. The number of benzene rings is 3. The molecule has 0 aliphatic rings. The first kappa shape index (κ1) is 46.4. The zero-order valence-corrected chi connectivity index (χ0v) is 35.3. The fourth-order valence-electron chi connectivity index (χ4n) is 6.46. The number of nitrogens with zero attached hydrogens (tertiary/aromatic N) is 4. The summed E-state index contributed by atoms with van der Waals surface area (Å²) < 4.78 is 7.18. The van der Waals surface area contributed by atoms with Gasteiger partial charge in [-0.15, -0.1) is 0 Å². The van der Waals surface area contributed by atoms with Crippen molar-refractivity contribution in [2.45, 2.75) is 76.4 Å². The molecule has 62 heavy (non-hydrogen) atoms. The third-order valence-electron chi connectivity index (χ3n) is 9.87. The van der Waals surface area contributed by atoms with Crippen LogP contribution in [0.4, 0.5) is 11.8 Å². The zero-order valence-electron chi connectivity index (χ0n) is 35.3. The highest BCUT2D eigenvalue weighted by molar-refractivity contribution is 5.93. The molecule has 0 fully saturated rings. The molecule has 0 unspecified atom stereocenters. The molecular formula is C46H59N11O5. The second-order valence-corrected chi connectivity index (χ2v) is 14.9. The Bertz CT molecular complexity index is 2180. The van der Waals surface area contributed by atoms with E-state index in [4.69, 9.17) is 26.2 Å². The lowest BCUT2D eigenvalue weighted by Crippen LogP contribution is -2.56. The molecule has 2 aromatic heterocycles. The van der Waals surface area contributed by atoms with Crippen molar-refractivity contribution in [1.82, 2.24) is 35.7 Å². The fraction of sp³-hybridized carbons (Fsp3) is 0.370. The van der Waals surface area contributed by atoms with Crippen LogP contribution in [0.3, 0.4) is 0 Å². The van der Waals surface area contributed by atoms with Gasteiger partial charge in [0.15, 0.2) is 5.65 Å². The van der Waals surface area contributed by atoms with E-state index in [2.05, 4.69) is 43.8 Å². The van der Waals surface area contributed by atoms with Crippen LogP contribution >= 0.6 is 0 Å². The van der Waals surface area contributed by atoms with Crippen molar-refractivity contribution in [2.75, 3.05) is 43.4 Å². The van der Waals surface area contributed by atoms with E-state index in [1.165, 1.54) is 12.5 Å². The average molecular weight is 846 g/mol. The third kappa shape index (κ3) is 15.4. The van der Waals surface area contributed by atoms with E-state index in [-0.39, 0.29) is 37.9 Å². The number of nitrogens with one attached hydrogen (secondary N) is 5. The highest BCUT2D eigenvalue weighted by Gasteiger charge is 2.27. The number of carbonyl (C=O) groups is 4. The van der Waals surface area contributed by atoms with Gasteiger partial charge in [-0.1, -0.05) is 91.0 Å². The number of hydrogen-bond donors (Lipinski definition) is 7. The Hall–Kier alpha value is -6.65. The van der Waals surface area contributed by atoms with Crippen LogP contribution in [-0.2, 0) is 36.8 Å². The number of fused-ring (bicyclic) bond motifs is 1. The predicted octanol–water partition coefficient (Wildman–Crippen LogP) is 4.04. The number of esters is 1. The molecule has 5 aromatic rings. The van der Waals surface area contributed by atoms with E-state index in [1.54, 1.807) is 10.9 Å². The van der Waals surface area contributed by atoms with Gasteiger partial charge in [-0.3, -0.25) is 19.2 Å². The van der Waals surface area contributed by atoms with E-state index in [0.717, 1.165) is 22.9 Å². The Balaban J connectivity index is 1.08. The maximum absolute atomic E-state index is 13.5. The smallest absolute Gasteiger partial charge is 0.305 e. The van der Waals surface area contributed by atoms with E-state index < -0.39 is 29.9 Å². The summed E-state index contributed by atoms with van der Waals surface area (Å²) in [4.78, 5) is 61.3. The van der Waals surface area contributed by atoms with Crippen LogP contribution in [0.5, 0.6) is 0 Å². The molecule has 0 aliphatic heterocycles.